The van der Waals surface area contributed by atoms with E-state index in [4.69, 9.17) is 0 Å². The molecule has 0 aromatic heterocycles. The zero-order valence-electron chi connectivity index (χ0n) is 10.4. The van der Waals surface area contributed by atoms with Crippen LogP contribution in [0.4, 0.5) is 0 Å². The highest BCUT2D eigenvalue weighted by atomic mass is 15.0. The normalized spacial score (nSPS) is 40.9. The molecule has 2 nitrogen and oxygen atoms in total. The highest BCUT2D eigenvalue weighted by Gasteiger charge is 2.35. The summed E-state index contributed by atoms with van der Waals surface area (Å²) in [6.45, 7) is 1.26. The minimum absolute atomic E-state index is 0.824. The van der Waals surface area contributed by atoms with Crippen LogP contribution in [0.15, 0.2) is 0 Å². The summed E-state index contributed by atoms with van der Waals surface area (Å²) in [4.78, 5) is 0. The third-order valence-corrected chi connectivity index (χ3v) is 4.71. The highest BCUT2D eigenvalue weighted by Crippen LogP contribution is 2.32. The van der Waals surface area contributed by atoms with Crippen LogP contribution >= 0.6 is 0 Å². The van der Waals surface area contributed by atoms with Gasteiger partial charge in [-0.3, -0.25) is 0 Å². The smallest absolute Gasteiger partial charge is 0.0113 e. The van der Waals surface area contributed by atoms with Crippen molar-refractivity contribution < 1.29 is 0 Å². The monoisotopic (exact) mass is 222 g/mol. The molecule has 3 unspecified atom stereocenters. The lowest BCUT2D eigenvalue weighted by Gasteiger charge is -2.40. The fraction of sp³-hybridized carbons (Fsp3) is 1.00. The van der Waals surface area contributed by atoms with Gasteiger partial charge in [0.1, 0.15) is 0 Å². The lowest BCUT2D eigenvalue weighted by molar-refractivity contribution is 0.181. The maximum atomic E-state index is 3.90. The Bertz CT molecular complexity index is 219. The largest absolute Gasteiger partial charge is 0.314 e. The van der Waals surface area contributed by atoms with Gasteiger partial charge in [0.25, 0.3) is 0 Å². The quantitative estimate of drug-likeness (QED) is 0.766. The predicted octanol–water partition coefficient (Wildman–Crippen LogP) is 2.44. The third kappa shape index (κ3) is 2.60. The molecule has 0 amide bonds. The summed E-state index contributed by atoms with van der Waals surface area (Å²) < 4.78 is 0. The van der Waals surface area contributed by atoms with Crippen molar-refractivity contribution in [3.8, 4) is 0 Å². The summed E-state index contributed by atoms with van der Waals surface area (Å²) in [7, 11) is 0. The van der Waals surface area contributed by atoms with Crippen molar-refractivity contribution in [2.75, 3.05) is 6.54 Å². The molecule has 2 aliphatic carbocycles. The average Bonchev–Trinajstić information content (AvgIpc) is 3.15. The Balaban J connectivity index is 1.59. The van der Waals surface area contributed by atoms with Crippen LogP contribution in [-0.2, 0) is 0 Å². The third-order valence-electron chi connectivity index (χ3n) is 4.71. The first kappa shape index (κ1) is 11.0. The molecule has 3 rings (SSSR count). The van der Waals surface area contributed by atoms with Crippen LogP contribution in [0.1, 0.15) is 57.8 Å². The Morgan fingerprint density at radius 2 is 1.62 bits per heavy atom. The molecule has 0 aromatic carbocycles. The van der Waals surface area contributed by atoms with Gasteiger partial charge >= 0.3 is 0 Å². The second-order valence-electron chi connectivity index (χ2n) is 6.05. The first-order valence-electron chi connectivity index (χ1n) is 7.43. The van der Waals surface area contributed by atoms with E-state index in [0.29, 0.717) is 0 Å². The van der Waals surface area contributed by atoms with E-state index in [1.165, 1.54) is 64.3 Å². The summed E-state index contributed by atoms with van der Waals surface area (Å²) in [5.74, 6) is 0.926. The van der Waals surface area contributed by atoms with Crippen LogP contribution in [0.5, 0.6) is 0 Å². The minimum Gasteiger partial charge on any atom is -0.314 e. The van der Waals surface area contributed by atoms with Gasteiger partial charge in [0.05, 0.1) is 0 Å². The molecule has 2 heteroatoms. The van der Waals surface area contributed by atoms with Crippen LogP contribution in [0, 0.1) is 5.92 Å². The topological polar surface area (TPSA) is 24.1 Å². The van der Waals surface area contributed by atoms with Crippen molar-refractivity contribution in [3.63, 3.8) is 0 Å². The average molecular weight is 222 g/mol. The summed E-state index contributed by atoms with van der Waals surface area (Å²) in [5.41, 5.74) is 0. The Morgan fingerprint density at radius 1 is 0.812 bits per heavy atom. The molecule has 0 bridgehead atoms. The number of piperidine rings is 1. The van der Waals surface area contributed by atoms with E-state index in [0.717, 1.165) is 24.0 Å². The molecule has 0 spiro atoms. The zero-order chi connectivity index (χ0) is 10.8. The van der Waals surface area contributed by atoms with Gasteiger partial charge in [0, 0.05) is 18.1 Å². The van der Waals surface area contributed by atoms with Crippen molar-refractivity contribution in [3.05, 3.63) is 0 Å². The van der Waals surface area contributed by atoms with E-state index >= 15 is 0 Å². The van der Waals surface area contributed by atoms with Crippen molar-refractivity contribution in [2.45, 2.75) is 75.9 Å². The van der Waals surface area contributed by atoms with Gasteiger partial charge in [-0.25, -0.2) is 0 Å². The first-order chi connectivity index (χ1) is 7.93. The molecule has 1 aliphatic heterocycles. The molecule has 3 fully saturated rings. The van der Waals surface area contributed by atoms with E-state index in [-0.39, 0.29) is 0 Å². The van der Waals surface area contributed by atoms with E-state index in [1.807, 2.05) is 0 Å². The SMILES string of the molecule is C1CCC(C2CCCCC2NC2CC2)NC1. The zero-order valence-corrected chi connectivity index (χ0v) is 10.4. The molecule has 3 aliphatic rings. The molecular weight excluding hydrogens is 196 g/mol. The van der Waals surface area contributed by atoms with E-state index in [9.17, 15) is 0 Å². The molecule has 3 atom stereocenters. The van der Waals surface area contributed by atoms with Gasteiger partial charge in [0.2, 0.25) is 0 Å². The highest BCUT2D eigenvalue weighted by molar-refractivity contribution is 4.94. The molecule has 2 saturated carbocycles. The van der Waals surface area contributed by atoms with Crippen molar-refractivity contribution >= 4 is 0 Å². The fourth-order valence-corrected chi connectivity index (χ4v) is 3.65. The number of hydrogen-bond acceptors (Lipinski definition) is 2. The van der Waals surface area contributed by atoms with Gasteiger partial charge in [0.15, 0.2) is 0 Å². The lowest BCUT2D eigenvalue weighted by Crippen LogP contribution is -2.51. The van der Waals surface area contributed by atoms with Gasteiger partial charge < -0.3 is 10.6 Å². The van der Waals surface area contributed by atoms with Crippen LogP contribution in [0.25, 0.3) is 0 Å². The van der Waals surface area contributed by atoms with E-state index in [2.05, 4.69) is 10.6 Å². The molecule has 1 saturated heterocycles. The Kier molecular flexibility index (Phi) is 3.49. The van der Waals surface area contributed by atoms with Crippen molar-refractivity contribution in [1.82, 2.24) is 10.6 Å². The second-order valence-corrected chi connectivity index (χ2v) is 6.05. The van der Waals surface area contributed by atoms with E-state index in [1.54, 1.807) is 0 Å². The summed E-state index contributed by atoms with van der Waals surface area (Å²) in [6, 6.07) is 2.54. The summed E-state index contributed by atoms with van der Waals surface area (Å²) in [6.07, 6.45) is 12.9. The van der Waals surface area contributed by atoms with Crippen molar-refractivity contribution in [1.29, 1.82) is 0 Å². The molecule has 92 valence electrons. The molecule has 16 heavy (non-hydrogen) atoms. The maximum Gasteiger partial charge on any atom is 0.0113 e. The standard InChI is InChI=1S/C14H26N2/c1-2-7-14(16-11-8-9-11)12(5-1)13-6-3-4-10-15-13/h11-16H,1-10H2. The van der Waals surface area contributed by atoms with Gasteiger partial charge in [-0.15, -0.1) is 0 Å². The van der Waals surface area contributed by atoms with Gasteiger partial charge in [-0.2, -0.15) is 0 Å². The second kappa shape index (κ2) is 5.05. The summed E-state index contributed by atoms with van der Waals surface area (Å²) in [5, 5.41) is 7.67. The van der Waals surface area contributed by atoms with Crippen molar-refractivity contribution in [2.24, 2.45) is 5.92 Å². The Labute approximate surface area is 99.6 Å². The predicted molar refractivity (Wildman–Crippen MR) is 67.5 cm³/mol. The van der Waals surface area contributed by atoms with Gasteiger partial charge in [-0.1, -0.05) is 19.3 Å². The molecule has 2 N–H and O–H groups in total. The van der Waals surface area contributed by atoms with Crippen LogP contribution in [-0.4, -0.2) is 24.7 Å². The fourth-order valence-electron chi connectivity index (χ4n) is 3.65. The molecule has 1 heterocycles. The van der Waals surface area contributed by atoms with Crippen LogP contribution < -0.4 is 10.6 Å². The summed E-state index contributed by atoms with van der Waals surface area (Å²) >= 11 is 0. The van der Waals surface area contributed by atoms with Crippen LogP contribution in [0.3, 0.4) is 0 Å². The van der Waals surface area contributed by atoms with Gasteiger partial charge in [-0.05, 0) is 51.0 Å². The van der Waals surface area contributed by atoms with Crippen LogP contribution in [0.2, 0.25) is 0 Å². The molecule has 0 aromatic rings. The lowest BCUT2D eigenvalue weighted by atomic mass is 9.77. The molecular formula is C14H26N2. The maximum absolute atomic E-state index is 3.90. The first-order valence-corrected chi connectivity index (χ1v) is 7.43. The molecule has 0 radical (unpaired) electrons. The Hall–Kier alpha value is -0.0800. The minimum atomic E-state index is 0.824. The number of nitrogens with one attached hydrogen (secondary N) is 2. The van der Waals surface area contributed by atoms with E-state index < -0.39 is 0 Å². The Morgan fingerprint density at radius 3 is 2.38 bits per heavy atom. The number of rotatable bonds is 3. The number of hydrogen-bond donors (Lipinski definition) is 2.